The van der Waals surface area contributed by atoms with Gasteiger partial charge in [-0.05, 0) is 13.8 Å². The number of hydrogen-bond acceptors (Lipinski definition) is 8. The normalized spacial score (nSPS) is 9.68. The summed E-state index contributed by atoms with van der Waals surface area (Å²) in [4.78, 5) is 41.0. The second kappa shape index (κ2) is 23.2. The molecule has 0 fully saturated rings. The molecule has 0 N–H and O–H groups in total. The molecule has 0 rings (SSSR count). The van der Waals surface area contributed by atoms with E-state index < -0.39 is 48.7 Å². The van der Waals surface area contributed by atoms with Crippen molar-refractivity contribution in [3.63, 3.8) is 0 Å². The summed E-state index contributed by atoms with van der Waals surface area (Å²) in [6.07, 6.45) is -12.4. The molecular weight excluding hydrogens is 482 g/mol. The Morgan fingerprint density at radius 1 is 0.645 bits per heavy atom. The first-order chi connectivity index (χ1) is 13.6. The summed E-state index contributed by atoms with van der Waals surface area (Å²) in [5.74, 6) is -6.47. The molecule has 0 aliphatic heterocycles. The van der Waals surface area contributed by atoms with E-state index >= 15 is 0 Å². The number of carbonyl (C=O) groups excluding carboxylic acids is 4. The van der Waals surface area contributed by atoms with Crippen LogP contribution in [-0.4, -0.2) is 62.3 Å². The second-order valence-corrected chi connectivity index (χ2v) is 4.38. The van der Waals surface area contributed by atoms with E-state index in [2.05, 4.69) is 9.47 Å². The van der Waals surface area contributed by atoms with Crippen molar-refractivity contribution in [2.24, 2.45) is 0 Å². The van der Waals surface area contributed by atoms with E-state index in [1.807, 2.05) is 0 Å². The quantitative estimate of drug-likeness (QED) is 0.225. The summed E-state index contributed by atoms with van der Waals surface area (Å²) in [7, 11) is 0. The van der Waals surface area contributed by atoms with Crippen molar-refractivity contribution in [2.45, 2.75) is 52.9 Å². The Morgan fingerprint density at radius 2 is 0.839 bits per heavy atom. The van der Waals surface area contributed by atoms with Crippen LogP contribution in [0.5, 0.6) is 0 Å². The molecular formula is C16H24F6O8Ti. The SMILES string of the molecule is CCOC(=O)CC(=O)C(F)(F)F.CCOC(=O)CC(=O)C(F)(F)F.CC[O-].CC[O-].[Ti+2]. The van der Waals surface area contributed by atoms with Crippen molar-refractivity contribution >= 4 is 23.5 Å². The third kappa shape index (κ3) is 33.3. The Kier molecular flexibility index (Phi) is 29.8. The largest absolute Gasteiger partial charge is 2.00 e. The molecule has 0 saturated heterocycles. The Morgan fingerprint density at radius 3 is 0.968 bits per heavy atom. The molecule has 0 spiro atoms. The molecule has 0 aromatic carbocycles. The number of ketones is 2. The van der Waals surface area contributed by atoms with Crippen LogP contribution in [0.15, 0.2) is 0 Å². The van der Waals surface area contributed by atoms with Gasteiger partial charge in [-0.25, -0.2) is 0 Å². The first kappa shape index (κ1) is 39.9. The third-order valence-corrected chi connectivity index (χ3v) is 1.85. The molecule has 0 aromatic rings. The molecule has 0 atom stereocenters. The number of carbonyl (C=O) groups is 4. The third-order valence-electron chi connectivity index (χ3n) is 1.85. The van der Waals surface area contributed by atoms with Crippen LogP contribution in [0.1, 0.15) is 40.5 Å². The average Bonchev–Trinajstić information content (AvgIpc) is 2.55. The fraction of sp³-hybridized carbons (Fsp3) is 0.750. The zero-order valence-corrected chi connectivity index (χ0v) is 18.8. The van der Waals surface area contributed by atoms with E-state index in [1.165, 1.54) is 13.8 Å². The van der Waals surface area contributed by atoms with Crippen LogP contribution in [0.4, 0.5) is 26.3 Å². The van der Waals surface area contributed by atoms with Crippen LogP contribution in [-0.2, 0) is 50.4 Å². The molecule has 0 amide bonds. The van der Waals surface area contributed by atoms with E-state index in [1.54, 1.807) is 13.8 Å². The molecule has 0 unspecified atom stereocenters. The van der Waals surface area contributed by atoms with Gasteiger partial charge in [0.15, 0.2) is 0 Å². The summed E-state index contributed by atoms with van der Waals surface area (Å²) in [6.45, 7) is 5.94. The van der Waals surface area contributed by atoms with Gasteiger partial charge in [0.1, 0.15) is 12.8 Å². The number of ether oxygens (including phenoxy) is 2. The van der Waals surface area contributed by atoms with Crippen molar-refractivity contribution in [1.82, 2.24) is 0 Å². The van der Waals surface area contributed by atoms with Gasteiger partial charge in [0, 0.05) is 0 Å². The van der Waals surface area contributed by atoms with E-state index in [0.29, 0.717) is 0 Å². The van der Waals surface area contributed by atoms with E-state index in [-0.39, 0.29) is 48.1 Å². The molecule has 0 heterocycles. The fourth-order valence-electron chi connectivity index (χ4n) is 0.887. The minimum Gasteiger partial charge on any atom is -0.855 e. The molecule has 15 heteroatoms. The van der Waals surface area contributed by atoms with Crippen molar-refractivity contribution in [3.05, 3.63) is 0 Å². The molecule has 0 aliphatic carbocycles. The fourth-order valence-corrected chi connectivity index (χ4v) is 0.887. The van der Waals surface area contributed by atoms with Crippen LogP contribution in [0.2, 0.25) is 0 Å². The molecule has 0 radical (unpaired) electrons. The molecule has 0 aliphatic rings. The maximum absolute atomic E-state index is 11.5. The van der Waals surface area contributed by atoms with Crippen molar-refractivity contribution in [1.29, 1.82) is 0 Å². The van der Waals surface area contributed by atoms with Gasteiger partial charge in [-0.1, -0.05) is 13.8 Å². The number of hydrogen-bond donors (Lipinski definition) is 0. The Hall–Kier alpha value is -1.51. The zero-order chi connectivity index (χ0) is 25.0. The van der Waals surface area contributed by atoms with Gasteiger partial charge in [-0.2, -0.15) is 26.3 Å². The number of Topliss-reactive ketones (excluding diaryl/α,β-unsaturated/α-hetero) is 2. The summed E-state index contributed by atoms with van der Waals surface area (Å²) in [6, 6.07) is 0. The Labute approximate surface area is 190 Å². The molecule has 31 heavy (non-hydrogen) atoms. The zero-order valence-electron chi connectivity index (χ0n) is 17.3. The monoisotopic (exact) mass is 506 g/mol. The van der Waals surface area contributed by atoms with E-state index in [4.69, 9.17) is 10.2 Å². The standard InChI is InChI=1S/2C6H7F3O3.2C2H5O.Ti/c2*1-2-12-5(11)3-4(10)6(7,8)9;2*1-2-3;/h2*2-3H2,1H3;2*2H2,1H3;/q;;2*-1;+2. The smallest absolute Gasteiger partial charge is 0.855 e. The minimum absolute atomic E-state index is 0. The van der Waals surface area contributed by atoms with E-state index in [0.717, 1.165) is 0 Å². The summed E-state index contributed by atoms with van der Waals surface area (Å²) >= 11 is 0. The predicted molar refractivity (Wildman–Crippen MR) is 85.7 cm³/mol. The van der Waals surface area contributed by atoms with Gasteiger partial charge in [0.2, 0.25) is 11.6 Å². The first-order valence-corrected chi connectivity index (χ1v) is 8.26. The van der Waals surface area contributed by atoms with Crippen LogP contribution < -0.4 is 10.2 Å². The Bertz CT molecular complexity index is 451. The van der Waals surface area contributed by atoms with Crippen molar-refractivity contribution in [3.8, 4) is 0 Å². The number of alkyl halides is 6. The number of esters is 2. The molecule has 8 nitrogen and oxygen atoms in total. The summed E-state index contributed by atoms with van der Waals surface area (Å²) in [5, 5.41) is 17.9. The molecule has 0 aromatic heterocycles. The van der Waals surface area contributed by atoms with Gasteiger partial charge < -0.3 is 19.7 Å². The van der Waals surface area contributed by atoms with Gasteiger partial charge in [0.25, 0.3) is 0 Å². The summed E-state index contributed by atoms with van der Waals surface area (Å²) in [5.41, 5.74) is 0. The van der Waals surface area contributed by atoms with Gasteiger partial charge in [-0.3, -0.25) is 19.2 Å². The maximum atomic E-state index is 11.5. The van der Waals surface area contributed by atoms with Crippen molar-refractivity contribution in [2.75, 3.05) is 26.4 Å². The average molecular weight is 506 g/mol. The predicted octanol–water partition coefficient (Wildman–Crippen LogP) is 0.873. The molecule has 0 saturated carbocycles. The minimum atomic E-state index is -4.95. The van der Waals surface area contributed by atoms with Crippen LogP contribution in [0.25, 0.3) is 0 Å². The van der Waals surface area contributed by atoms with Crippen LogP contribution in [0, 0.1) is 0 Å². The molecule has 182 valence electrons. The topological polar surface area (TPSA) is 133 Å². The number of halogens is 6. The van der Waals surface area contributed by atoms with Gasteiger partial charge in [-0.15, -0.1) is 13.2 Å². The number of rotatable bonds is 6. The summed E-state index contributed by atoms with van der Waals surface area (Å²) < 4.78 is 77.3. The van der Waals surface area contributed by atoms with Gasteiger partial charge in [0.05, 0.1) is 13.2 Å². The van der Waals surface area contributed by atoms with E-state index in [9.17, 15) is 45.5 Å². The first-order valence-electron chi connectivity index (χ1n) is 8.26. The molecule has 0 bridgehead atoms. The second-order valence-electron chi connectivity index (χ2n) is 4.38. The van der Waals surface area contributed by atoms with Gasteiger partial charge >= 0.3 is 46.0 Å². The Balaban J connectivity index is -0.000000113. The van der Waals surface area contributed by atoms with Crippen molar-refractivity contribution < 1.29 is 86.9 Å². The van der Waals surface area contributed by atoms with Crippen LogP contribution in [0.3, 0.4) is 0 Å². The van der Waals surface area contributed by atoms with Crippen LogP contribution >= 0.6 is 0 Å². The maximum Gasteiger partial charge on any atom is 2.00 e.